The highest BCUT2D eigenvalue weighted by Crippen LogP contribution is 2.38. The molecule has 0 fully saturated rings. The van der Waals surface area contributed by atoms with Crippen LogP contribution < -0.4 is 5.32 Å². The van der Waals surface area contributed by atoms with Crippen molar-refractivity contribution in [3.8, 4) is 11.3 Å². The average molecular weight is 500 g/mol. The SMILES string of the molecule is Fc1ccc(-c2nc(NCc3ccc4[nH]ccc4c3)sc2Cc2ccccc2C(F)(F)F)c(F)c1. The van der Waals surface area contributed by atoms with Gasteiger partial charge in [0.05, 0.1) is 11.3 Å². The molecule has 0 aliphatic heterocycles. The number of H-pyrrole nitrogens is 1. The first-order valence-electron chi connectivity index (χ1n) is 10.7. The summed E-state index contributed by atoms with van der Waals surface area (Å²) in [4.78, 5) is 8.05. The Labute approximate surface area is 201 Å². The number of hydrogen-bond acceptors (Lipinski definition) is 3. The second-order valence-corrected chi connectivity index (χ2v) is 9.08. The first-order chi connectivity index (χ1) is 16.8. The highest BCUT2D eigenvalue weighted by Gasteiger charge is 2.33. The number of anilines is 1. The number of fused-ring (bicyclic) bond motifs is 1. The molecule has 35 heavy (non-hydrogen) atoms. The number of nitrogens with one attached hydrogen (secondary N) is 2. The van der Waals surface area contributed by atoms with E-state index in [0.717, 1.165) is 46.0 Å². The molecule has 2 aromatic heterocycles. The van der Waals surface area contributed by atoms with Gasteiger partial charge < -0.3 is 10.3 Å². The van der Waals surface area contributed by atoms with Gasteiger partial charge in [0.25, 0.3) is 0 Å². The number of aromatic nitrogens is 2. The molecule has 0 unspecified atom stereocenters. The molecule has 0 spiro atoms. The normalized spacial score (nSPS) is 11.8. The molecule has 0 atom stereocenters. The average Bonchev–Trinajstić information content (AvgIpc) is 3.44. The fraction of sp³-hybridized carbons (Fsp3) is 0.115. The molecule has 3 nitrogen and oxygen atoms in total. The van der Waals surface area contributed by atoms with Crippen LogP contribution in [-0.2, 0) is 19.1 Å². The Hall–Kier alpha value is -3.72. The minimum atomic E-state index is -4.53. The fourth-order valence-corrected chi connectivity index (χ4v) is 4.95. The van der Waals surface area contributed by atoms with E-state index in [0.29, 0.717) is 16.6 Å². The summed E-state index contributed by atoms with van der Waals surface area (Å²) in [5.41, 5.74) is 1.50. The summed E-state index contributed by atoms with van der Waals surface area (Å²) in [5, 5.41) is 4.66. The number of benzene rings is 3. The first kappa shape index (κ1) is 23.0. The van der Waals surface area contributed by atoms with E-state index < -0.39 is 23.4 Å². The largest absolute Gasteiger partial charge is 0.416 e. The minimum Gasteiger partial charge on any atom is -0.361 e. The number of halogens is 5. The number of nitrogens with zero attached hydrogens (tertiary/aromatic N) is 1. The second kappa shape index (κ2) is 9.14. The molecular weight excluding hydrogens is 481 g/mol. The third kappa shape index (κ3) is 4.90. The summed E-state index contributed by atoms with van der Waals surface area (Å²) in [6, 6.07) is 16.2. The van der Waals surface area contributed by atoms with Crippen LogP contribution in [0.2, 0.25) is 0 Å². The Balaban J connectivity index is 1.50. The summed E-state index contributed by atoms with van der Waals surface area (Å²) in [5.74, 6) is -1.57. The second-order valence-electron chi connectivity index (χ2n) is 8.00. The number of hydrogen-bond donors (Lipinski definition) is 2. The highest BCUT2D eigenvalue weighted by atomic mass is 32.1. The molecule has 178 valence electrons. The van der Waals surface area contributed by atoms with Crippen molar-refractivity contribution >= 4 is 27.4 Å². The lowest BCUT2D eigenvalue weighted by Gasteiger charge is -2.12. The van der Waals surface area contributed by atoms with Crippen LogP contribution in [-0.4, -0.2) is 9.97 Å². The Morgan fingerprint density at radius 1 is 0.943 bits per heavy atom. The van der Waals surface area contributed by atoms with Crippen LogP contribution in [0.5, 0.6) is 0 Å². The quantitative estimate of drug-likeness (QED) is 0.234. The zero-order valence-corrected chi connectivity index (χ0v) is 18.9. The van der Waals surface area contributed by atoms with Crippen LogP contribution in [0.15, 0.2) is 72.9 Å². The standard InChI is InChI=1S/C26H18F5N3S/c27-18-6-7-19(21(28)13-18)24-23(12-16-3-1-2-4-20(16)26(29,30)31)35-25(34-24)33-14-15-5-8-22-17(11-15)9-10-32-22/h1-11,13,32H,12,14H2,(H,33,34). The molecular formula is C26H18F5N3S. The number of alkyl halides is 3. The van der Waals surface area contributed by atoms with Crippen molar-refractivity contribution < 1.29 is 22.0 Å². The summed E-state index contributed by atoms with van der Waals surface area (Å²) in [7, 11) is 0. The lowest BCUT2D eigenvalue weighted by Crippen LogP contribution is -2.09. The van der Waals surface area contributed by atoms with E-state index in [1.54, 1.807) is 0 Å². The fourth-order valence-electron chi connectivity index (χ4n) is 3.95. The Morgan fingerprint density at radius 2 is 1.77 bits per heavy atom. The van der Waals surface area contributed by atoms with Gasteiger partial charge in [0.1, 0.15) is 11.6 Å². The van der Waals surface area contributed by atoms with E-state index in [1.807, 2.05) is 30.5 Å². The van der Waals surface area contributed by atoms with Crippen molar-refractivity contribution in [2.75, 3.05) is 5.32 Å². The molecule has 0 aliphatic rings. The molecule has 0 radical (unpaired) electrons. The van der Waals surface area contributed by atoms with Crippen molar-refractivity contribution in [1.29, 1.82) is 0 Å². The number of aromatic amines is 1. The molecule has 0 amide bonds. The Bertz CT molecular complexity index is 1500. The summed E-state index contributed by atoms with van der Waals surface area (Å²) >= 11 is 1.15. The zero-order valence-electron chi connectivity index (χ0n) is 18.1. The molecule has 9 heteroatoms. The van der Waals surface area contributed by atoms with Crippen molar-refractivity contribution in [1.82, 2.24) is 9.97 Å². The van der Waals surface area contributed by atoms with Gasteiger partial charge in [0.2, 0.25) is 0 Å². The monoisotopic (exact) mass is 499 g/mol. The zero-order chi connectivity index (χ0) is 24.6. The molecule has 0 saturated heterocycles. The Morgan fingerprint density at radius 3 is 2.57 bits per heavy atom. The van der Waals surface area contributed by atoms with Crippen LogP contribution in [0.3, 0.4) is 0 Å². The lowest BCUT2D eigenvalue weighted by atomic mass is 10.0. The van der Waals surface area contributed by atoms with E-state index >= 15 is 0 Å². The van der Waals surface area contributed by atoms with Gasteiger partial charge in [-0.15, -0.1) is 11.3 Å². The van der Waals surface area contributed by atoms with Crippen LogP contribution >= 0.6 is 11.3 Å². The van der Waals surface area contributed by atoms with Crippen LogP contribution in [0.4, 0.5) is 27.1 Å². The molecule has 0 saturated carbocycles. The van der Waals surface area contributed by atoms with E-state index in [-0.39, 0.29) is 23.2 Å². The van der Waals surface area contributed by atoms with Gasteiger partial charge in [0, 0.05) is 41.2 Å². The van der Waals surface area contributed by atoms with Gasteiger partial charge >= 0.3 is 6.18 Å². The van der Waals surface area contributed by atoms with Gasteiger partial charge in [-0.2, -0.15) is 13.2 Å². The van der Waals surface area contributed by atoms with E-state index in [1.165, 1.54) is 24.3 Å². The summed E-state index contributed by atoms with van der Waals surface area (Å²) < 4.78 is 68.8. The maximum atomic E-state index is 14.6. The number of rotatable bonds is 6. The van der Waals surface area contributed by atoms with E-state index in [9.17, 15) is 22.0 Å². The van der Waals surface area contributed by atoms with E-state index in [4.69, 9.17) is 0 Å². The third-order valence-corrected chi connectivity index (χ3v) is 6.63. The third-order valence-electron chi connectivity index (χ3n) is 5.62. The summed E-state index contributed by atoms with van der Waals surface area (Å²) in [6.07, 6.45) is -2.78. The molecule has 0 bridgehead atoms. The van der Waals surface area contributed by atoms with E-state index in [2.05, 4.69) is 15.3 Å². The Kier molecular flexibility index (Phi) is 6.02. The molecule has 0 aliphatic carbocycles. The predicted molar refractivity (Wildman–Crippen MR) is 127 cm³/mol. The van der Waals surface area contributed by atoms with Gasteiger partial charge in [-0.3, -0.25) is 0 Å². The smallest absolute Gasteiger partial charge is 0.361 e. The van der Waals surface area contributed by atoms with Crippen molar-refractivity contribution in [3.63, 3.8) is 0 Å². The lowest BCUT2D eigenvalue weighted by molar-refractivity contribution is -0.138. The van der Waals surface area contributed by atoms with Crippen molar-refractivity contribution in [2.45, 2.75) is 19.1 Å². The summed E-state index contributed by atoms with van der Waals surface area (Å²) in [6.45, 7) is 0.415. The maximum absolute atomic E-state index is 14.6. The van der Waals surface area contributed by atoms with Crippen LogP contribution in [0, 0.1) is 11.6 Å². The number of thiazole rings is 1. The molecule has 2 N–H and O–H groups in total. The molecule has 2 heterocycles. The maximum Gasteiger partial charge on any atom is 0.416 e. The van der Waals surface area contributed by atoms with Gasteiger partial charge in [-0.1, -0.05) is 24.3 Å². The van der Waals surface area contributed by atoms with Crippen LogP contribution in [0.25, 0.3) is 22.2 Å². The highest BCUT2D eigenvalue weighted by molar-refractivity contribution is 7.16. The van der Waals surface area contributed by atoms with Gasteiger partial charge in [0.15, 0.2) is 5.13 Å². The van der Waals surface area contributed by atoms with Crippen LogP contribution in [0.1, 0.15) is 21.6 Å². The van der Waals surface area contributed by atoms with Crippen molar-refractivity contribution in [2.24, 2.45) is 0 Å². The first-order valence-corrected chi connectivity index (χ1v) is 11.5. The minimum absolute atomic E-state index is 0.0314. The molecule has 5 rings (SSSR count). The molecule has 5 aromatic rings. The van der Waals surface area contributed by atoms with Gasteiger partial charge in [-0.05, 0) is 52.9 Å². The van der Waals surface area contributed by atoms with Crippen molar-refractivity contribution in [3.05, 3.63) is 106 Å². The van der Waals surface area contributed by atoms with Gasteiger partial charge in [-0.25, -0.2) is 13.8 Å². The topological polar surface area (TPSA) is 40.7 Å². The predicted octanol–water partition coefficient (Wildman–Crippen LogP) is 7.79. The molecule has 3 aromatic carbocycles.